The third kappa shape index (κ3) is 3.06. The van der Waals surface area contributed by atoms with Gasteiger partial charge >= 0.3 is 0 Å². The number of rotatable bonds is 2. The van der Waals surface area contributed by atoms with E-state index in [-0.39, 0.29) is 28.5 Å². The smallest absolute Gasteiger partial charge is 0.173 e. The molecule has 1 heterocycles. The van der Waals surface area contributed by atoms with Crippen molar-refractivity contribution in [2.24, 2.45) is 0 Å². The number of nitrogens with zero attached hydrogens (tertiary/aromatic N) is 1. The van der Waals surface area contributed by atoms with Crippen molar-refractivity contribution in [1.29, 1.82) is 0 Å². The molecule has 2 aromatic carbocycles. The summed E-state index contributed by atoms with van der Waals surface area (Å²) in [6.45, 7) is 0.925. The minimum atomic E-state index is -0.0204. The van der Waals surface area contributed by atoms with Crippen molar-refractivity contribution in [3.05, 3.63) is 42.0 Å². The summed E-state index contributed by atoms with van der Waals surface area (Å²) in [4.78, 5) is 3.02. The fourth-order valence-corrected chi connectivity index (χ4v) is 3.65. The van der Waals surface area contributed by atoms with Crippen LogP contribution < -0.4 is 4.90 Å². The van der Waals surface area contributed by atoms with Crippen molar-refractivity contribution in [2.45, 2.75) is 24.2 Å². The van der Waals surface area contributed by atoms with Crippen molar-refractivity contribution >= 4 is 40.1 Å². The first kappa shape index (κ1) is 17.0. The Kier molecular flexibility index (Phi) is 5.64. The lowest BCUT2D eigenvalue weighted by molar-refractivity contribution is 0.394. The molecule has 0 fully saturated rings. The largest absolute Gasteiger partial charge is 0.504 e. The molecule has 0 amide bonds. The summed E-state index contributed by atoms with van der Waals surface area (Å²) >= 11 is 1.48. The minimum Gasteiger partial charge on any atom is -0.504 e. The maximum absolute atomic E-state index is 10.2. The number of benzene rings is 2. The fourth-order valence-electron chi connectivity index (χ4n) is 2.92. The zero-order valence-corrected chi connectivity index (χ0v) is 15.0. The number of para-hydroxylation sites is 1. The molecule has 22 heavy (non-hydrogen) atoms. The molecule has 0 saturated carbocycles. The number of hydrogen-bond acceptors (Lipinski definition) is 4. The number of aromatic hydroxyl groups is 2. The van der Waals surface area contributed by atoms with E-state index in [1.807, 2.05) is 24.5 Å². The number of fused-ring (bicyclic) bond motifs is 1. The Hall–Kier alpha value is -1.33. The third-order valence-corrected chi connectivity index (χ3v) is 4.70. The van der Waals surface area contributed by atoms with Crippen molar-refractivity contribution in [1.82, 2.24) is 0 Å². The molecule has 2 N–H and O–H groups in total. The van der Waals surface area contributed by atoms with Gasteiger partial charge in [0.05, 0.1) is 10.6 Å². The lowest BCUT2D eigenvalue weighted by Gasteiger charge is -2.28. The van der Waals surface area contributed by atoms with E-state index in [1.165, 1.54) is 11.8 Å². The Morgan fingerprint density at radius 2 is 1.82 bits per heavy atom. The Balaban J connectivity index is 0.00000176. The molecule has 1 aliphatic rings. The van der Waals surface area contributed by atoms with E-state index in [9.17, 15) is 10.2 Å². The monoisotopic (exact) mass is 381 g/mol. The summed E-state index contributed by atoms with van der Waals surface area (Å²) in [5.74, 6) is -0.0305. The van der Waals surface area contributed by atoms with E-state index in [4.69, 9.17) is 0 Å². The van der Waals surface area contributed by atoms with Crippen LogP contribution in [0.15, 0.2) is 41.3 Å². The normalized spacial score (nSPS) is 14.0. The van der Waals surface area contributed by atoms with Crippen LogP contribution in [0.4, 0.5) is 11.4 Å². The zero-order chi connectivity index (χ0) is 14.8. The molecule has 0 unspecified atom stereocenters. The number of anilines is 2. The minimum absolute atomic E-state index is 0. The number of phenolic OH excluding ortho intramolecular Hbond substituents is 2. The van der Waals surface area contributed by atoms with Gasteiger partial charge in [-0.15, -0.1) is 28.7 Å². The molecule has 0 spiro atoms. The first-order valence-electron chi connectivity index (χ1n) is 7.16. The SMILES string of the molecule is Br.CSc1c(O)c(O)cc2c1N(c1ccccc1)CCCC2. The van der Waals surface area contributed by atoms with E-state index in [0.717, 1.165) is 47.6 Å². The zero-order valence-electron chi connectivity index (χ0n) is 12.5. The number of hydrogen-bond donors (Lipinski definition) is 2. The molecule has 0 bridgehead atoms. The van der Waals surface area contributed by atoms with Crippen LogP contribution in [0.1, 0.15) is 18.4 Å². The molecule has 2 aromatic rings. The second-order valence-electron chi connectivity index (χ2n) is 5.23. The summed E-state index contributed by atoms with van der Waals surface area (Å²) < 4.78 is 0. The third-order valence-electron chi connectivity index (χ3n) is 3.91. The molecule has 0 saturated heterocycles. The van der Waals surface area contributed by atoms with Crippen molar-refractivity contribution < 1.29 is 10.2 Å². The molecular formula is C17H20BrNO2S. The lowest BCUT2D eigenvalue weighted by Crippen LogP contribution is -2.18. The van der Waals surface area contributed by atoms with Crippen molar-refractivity contribution in [3.8, 4) is 11.5 Å². The number of thioether (sulfide) groups is 1. The summed E-state index contributed by atoms with van der Waals surface area (Å²) in [5.41, 5.74) is 3.28. The van der Waals surface area contributed by atoms with E-state index >= 15 is 0 Å². The van der Waals surface area contributed by atoms with Gasteiger partial charge in [-0.3, -0.25) is 0 Å². The van der Waals surface area contributed by atoms with Gasteiger partial charge < -0.3 is 15.1 Å². The predicted molar refractivity (Wildman–Crippen MR) is 98.3 cm³/mol. The average Bonchev–Trinajstić information content (AvgIpc) is 2.72. The van der Waals surface area contributed by atoms with Gasteiger partial charge in [-0.2, -0.15) is 0 Å². The maximum atomic E-state index is 10.2. The Labute approximate surface area is 145 Å². The number of aryl methyl sites for hydroxylation is 1. The van der Waals surface area contributed by atoms with Crippen LogP contribution in [0, 0.1) is 0 Å². The van der Waals surface area contributed by atoms with E-state index < -0.39 is 0 Å². The summed E-state index contributed by atoms with van der Waals surface area (Å²) in [6, 6.07) is 11.9. The van der Waals surface area contributed by atoms with Crippen LogP contribution in [0.5, 0.6) is 11.5 Å². The topological polar surface area (TPSA) is 43.7 Å². The highest BCUT2D eigenvalue weighted by atomic mass is 79.9. The van der Waals surface area contributed by atoms with Gasteiger partial charge in [0, 0.05) is 12.2 Å². The number of halogens is 1. The highest BCUT2D eigenvalue weighted by molar-refractivity contribution is 8.93. The lowest BCUT2D eigenvalue weighted by atomic mass is 10.1. The van der Waals surface area contributed by atoms with Crippen LogP contribution in [0.2, 0.25) is 0 Å². The molecule has 118 valence electrons. The van der Waals surface area contributed by atoms with Gasteiger partial charge in [-0.25, -0.2) is 0 Å². The van der Waals surface area contributed by atoms with Gasteiger partial charge in [0.2, 0.25) is 0 Å². The predicted octanol–water partition coefficient (Wildman–Crippen LogP) is 4.87. The average molecular weight is 382 g/mol. The fraction of sp³-hybridized carbons (Fsp3) is 0.294. The first-order valence-corrected chi connectivity index (χ1v) is 8.39. The molecule has 3 rings (SSSR count). The van der Waals surface area contributed by atoms with E-state index in [0.29, 0.717) is 0 Å². The standard InChI is InChI=1S/C17H19NO2S.BrH/c1-21-17-15-12(11-14(19)16(17)20)7-5-6-10-18(15)13-8-3-2-4-9-13;/h2-4,8-9,11,19-20H,5-7,10H2,1H3;1H. The summed E-state index contributed by atoms with van der Waals surface area (Å²) in [7, 11) is 0. The second kappa shape index (κ2) is 7.29. The Morgan fingerprint density at radius 1 is 1.09 bits per heavy atom. The van der Waals surface area contributed by atoms with Crippen molar-refractivity contribution in [2.75, 3.05) is 17.7 Å². The summed E-state index contributed by atoms with van der Waals surface area (Å²) in [5, 5.41) is 20.2. The molecule has 3 nitrogen and oxygen atoms in total. The van der Waals surface area contributed by atoms with Crippen LogP contribution in [0.25, 0.3) is 0 Å². The van der Waals surface area contributed by atoms with E-state index in [2.05, 4.69) is 17.0 Å². The van der Waals surface area contributed by atoms with E-state index in [1.54, 1.807) is 6.07 Å². The maximum Gasteiger partial charge on any atom is 0.173 e. The number of phenols is 2. The van der Waals surface area contributed by atoms with Gasteiger partial charge in [-0.1, -0.05) is 18.2 Å². The Bertz CT molecular complexity index is 649. The first-order chi connectivity index (χ1) is 10.2. The molecular weight excluding hydrogens is 362 g/mol. The molecule has 1 aliphatic heterocycles. The van der Waals surface area contributed by atoms with Crippen molar-refractivity contribution in [3.63, 3.8) is 0 Å². The highest BCUT2D eigenvalue weighted by Gasteiger charge is 2.24. The molecule has 0 aliphatic carbocycles. The molecule has 5 heteroatoms. The van der Waals surface area contributed by atoms with Crippen LogP contribution in [-0.4, -0.2) is 23.0 Å². The van der Waals surface area contributed by atoms with Crippen LogP contribution in [-0.2, 0) is 6.42 Å². The molecule has 0 radical (unpaired) electrons. The molecule has 0 atom stereocenters. The highest BCUT2D eigenvalue weighted by Crippen LogP contribution is 2.47. The Morgan fingerprint density at radius 3 is 2.50 bits per heavy atom. The summed E-state index contributed by atoms with van der Waals surface area (Å²) in [6.07, 6.45) is 5.05. The van der Waals surface area contributed by atoms with Crippen LogP contribution >= 0.6 is 28.7 Å². The van der Waals surface area contributed by atoms with Crippen LogP contribution in [0.3, 0.4) is 0 Å². The van der Waals surface area contributed by atoms with Gasteiger partial charge in [-0.05, 0) is 49.3 Å². The second-order valence-corrected chi connectivity index (χ2v) is 6.05. The quantitative estimate of drug-likeness (QED) is 0.575. The van der Waals surface area contributed by atoms with Gasteiger partial charge in [0.15, 0.2) is 11.5 Å². The van der Waals surface area contributed by atoms with Gasteiger partial charge in [0.25, 0.3) is 0 Å². The van der Waals surface area contributed by atoms with Gasteiger partial charge in [0.1, 0.15) is 0 Å². The molecule has 0 aromatic heterocycles.